The first-order valence-corrected chi connectivity index (χ1v) is 6.58. The van der Waals surface area contributed by atoms with Crippen molar-refractivity contribution < 1.29 is 5.11 Å². The third kappa shape index (κ3) is 2.57. The van der Waals surface area contributed by atoms with Crippen LogP contribution in [-0.4, -0.2) is 14.7 Å². The maximum atomic E-state index is 9.53. The van der Waals surface area contributed by atoms with Crippen molar-refractivity contribution in [3.05, 3.63) is 72.1 Å². The Bertz CT molecular complexity index is 714. The van der Waals surface area contributed by atoms with E-state index >= 15 is 0 Å². The third-order valence-electron chi connectivity index (χ3n) is 3.29. The van der Waals surface area contributed by atoms with E-state index < -0.39 is 0 Å². The second-order valence-corrected chi connectivity index (χ2v) is 4.91. The quantitative estimate of drug-likeness (QED) is 0.784. The van der Waals surface area contributed by atoms with Crippen LogP contribution >= 0.6 is 0 Å². The van der Waals surface area contributed by atoms with E-state index in [2.05, 4.69) is 40.7 Å². The Morgan fingerprint density at radius 2 is 1.90 bits per heavy atom. The van der Waals surface area contributed by atoms with Gasteiger partial charge in [-0.3, -0.25) is 0 Å². The fourth-order valence-corrected chi connectivity index (χ4v) is 2.25. The molecule has 0 radical (unpaired) electrons. The number of aryl methyl sites for hydroxylation is 1. The number of hydrogen-bond donors (Lipinski definition) is 1. The molecule has 3 aromatic rings. The van der Waals surface area contributed by atoms with Crippen molar-refractivity contribution in [3.63, 3.8) is 0 Å². The zero-order valence-corrected chi connectivity index (χ0v) is 11.3. The first kappa shape index (κ1) is 12.5. The highest BCUT2D eigenvalue weighted by molar-refractivity contribution is 5.56. The zero-order valence-electron chi connectivity index (χ0n) is 11.3. The molecule has 0 aliphatic rings. The molecule has 1 N–H and O–H groups in total. The van der Waals surface area contributed by atoms with Crippen LogP contribution in [0.5, 0.6) is 5.75 Å². The summed E-state index contributed by atoms with van der Waals surface area (Å²) in [6.07, 6.45) is 3.76. The number of phenolic OH excluding ortho intramolecular Hbond substituents is 1. The van der Waals surface area contributed by atoms with Crippen LogP contribution in [0.4, 0.5) is 0 Å². The molecule has 0 saturated heterocycles. The molecule has 0 aliphatic heterocycles. The lowest BCUT2D eigenvalue weighted by molar-refractivity contribution is 0.474. The molecule has 3 heteroatoms. The standard InChI is InChI=1S/C17H16N2O/c1-13-5-7-15(8-6-13)17-18-9-10-19(17)12-14-3-2-4-16(20)11-14/h2-11,20H,12H2,1H3. The maximum absolute atomic E-state index is 9.53. The summed E-state index contributed by atoms with van der Waals surface area (Å²) in [4.78, 5) is 4.44. The summed E-state index contributed by atoms with van der Waals surface area (Å²) in [6, 6.07) is 15.6. The molecule has 0 unspecified atom stereocenters. The summed E-state index contributed by atoms with van der Waals surface area (Å²) in [5, 5.41) is 9.53. The average molecular weight is 264 g/mol. The molecule has 0 saturated carbocycles. The van der Waals surface area contributed by atoms with Crippen LogP contribution in [-0.2, 0) is 6.54 Å². The summed E-state index contributed by atoms with van der Waals surface area (Å²) in [5.41, 5.74) is 3.39. The predicted octanol–water partition coefficient (Wildman–Crippen LogP) is 3.61. The lowest BCUT2D eigenvalue weighted by atomic mass is 10.1. The van der Waals surface area contributed by atoms with Crippen LogP contribution in [0.15, 0.2) is 60.9 Å². The summed E-state index contributed by atoms with van der Waals surface area (Å²) in [5.74, 6) is 1.23. The summed E-state index contributed by atoms with van der Waals surface area (Å²) in [6.45, 7) is 2.76. The number of hydrogen-bond acceptors (Lipinski definition) is 2. The Morgan fingerprint density at radius 1 is 1.10 bits per heavy atom. The minimum absolute atomic E-state index is 0.291. The minimum atomic E-state index is 0.291. The van der Waals surface area contributed by atoms with Crippen molar-refractivity contribution in [1.82, 2.24) is 9.55 Å². The lowest BCUT2D eigenvalue weighted by Gasteiger charge is -2.08. The van der Waals surface area contributed by atoms with Gasteiger partial charge in [0, 0.05) is 24.5 Å². The third-order valence-corrected chi connectivity index (χ3v) is 3.29. The number of benzene rings is 2. The molecular weight excluding hydrogens is 248 g/mol. The van der Waals surface area contributed by atoms with Gasteiger partial charge in [-0.05, 0) is 24.6 Å². The molecule has 0 aliphatic carbocycles. The molecule has 20 heavy (non-hydrogen) atoms. The van der Waals surface area contributed by atoms with E-state index in [1.165, 1.54) is 5.56 Å². The number of phenols is 1. The van der Waals surface area contributed by atoms with Crippen LogP contribution in [0.1, 0.15) is 11.1 Å². The van der Waals surface area contributed by atoms with Gasteiger partial charge in [-0.1, -0.05) is 42.0 Å². The van der Waals surface area contributed by atoms with Crippen molar-refractivity contribution in [2.45, 2.75) is 13.5 Å². The summed E-state index contributed by atoms with van der Waals surface area (Å²) in [7, 11) is 0. The molecule has 3 nitrogen and oxygen atoms in total. The molecule has 100 valence electrons. The van der Waals surface area contributed by atoms with Crippen molar-refractivity contribution >= 4 is 0 Å². The van der Waals surface area contributed by atoms with E-state index in [9.17, 15) is 5.11 Å². The Morgan fingerprint density at radius 3 is 2.65 bits per heavy atom. The highest BCUT2D eigenvalue weighted by Crippen LogP contribution is 2.20. The Kier molecular flexibility index (Phi) is 3.25. The summed E-state index contributed by atoms with van der Waals surface area (Å²) < 4.78 is 2.08. The first-order chi connectivity index (χ1) is 9.72. The molecule has 0 fully saturated rings. The van der Waals surface area contributed by atoms with Gasteiger partial charge in [-0.15, -0.1) is 0 Å². The predicted molar refractivity (Wildman–Crippen MR) is 79.6 cm³/mol. The highest BCUT2D eigenvalue weighted by Gasteiger charge is 2.06. The smallest absolute Gasteiger partial charge is 0.140 e. The molecule has 1 heterocycles. The van der Waals surface area contributed by atoms with Gasteiger partial charge < -0.3 is 9.67 Å². The second kappa shape index (κ2) is 5.21. The van der Waals surface area contributed by atoms with Crippen molar-refractivity contribution in [1.29, 1.82) is 0 Å². The van der Waals surface area contributed by atoms with Gasteiger partial charge >= 0.3 is 0 Å². The van der Waals surface area contributed by atoms with Gasteiger partial charge in [0.15, 0.2) is 0 Å². The van der Waals surface area contributed by atoms with E-state index in [0.29, 0.717) is 12.3 Å². The van der Waals surface area contributed by atoms with E-state index in [1.54, 1.807) is 18.3 Å². The number of aromatic hydroxyl groups is 1. The molecular formula is C17H16N2O. The van der Waals surface area contributed by atoms with Gasteiger partial charge in [0.2, 0.25) is 0 Å². The molecule has 3 rings (SSSR count). The molecule has 0 amide bonds. The van der Waals surface area contributed by atoms with Gasteiger partial charge in [0.05, 0.1) is 0 Å². The first-order valence-electron chi connectivity index (χ1n) is 6.58. The fraction of sp³-hybridized carbons (Fsp3) is 0.118. The van der Waals surface area contributed by atoms with Crippen LogP contribution in [0.3, 0.4) is 0 Å². The Labute approximate surface area is 118 Å². The second-order valence-electron chi connectivity index (χ2n) is 4.91. The van der Waals surface area contributed by atoms with E-state index in [1.807, 2.05) is 18.3 Å². The monoisotopic (exact) mass is 264 g/mol. The van der Waals surface area contributed by atoms with Crippen LogP contribution in [0, 0.1) is 6.92 Å². The van der Waals surface area contributed by atoms with E-state index in [-0.39, 0.29) is 0 Å². The van der Waals surface area contributed by atoms with Crippen LogP contribution in [0.25, 0.3) is 11.4 Å². The van der Waals surface area contributed by atoms with Crippen molar-refractivity contribution in [3.8, 4) is 17.1 Å². The number of nitrogens with zero attached hydrogens (tertiary/aromatic N) is 2. The Balaban J connectivity index is 1.92. The van der Waals surface area contributed by atoms with Crippen molar-refractivity contribution in [2.24, 2.45) is 0 Å². The molecule has 0 spiro atoms. The maximum Gasteiger partial charge on any atom is 0.140 e. The topological polar surface area (TPSA) is 38.0 Å². The zero-order chi connectivity index (χ0) is 13.9. The van der Waals surface area contributed by atoms with Crippen molar-refractivity contribution in [2.75, 3.05) is 0 Å². The molecule has 2 aromatic carbocycles. The molecule has 0 atom stereocenters. The number of aromatic nitrogens is 2. The van der Waals surface area contributed by atoms with Gasteiger partial charge in [-0.25, -0.2) is 4.98 Å². The van der Waals surface area contributed by atoms with Crippen LogP contribution in [0.2, 0.25) is 0 Å². The number of imidazole rings is 1. The minimum Gasteiger partial charge on any atom is -0.508 e. The van der Waals surface area contributed by atoms with Gasteiger partial charge in [-0.2, -0.15) is 0 Å². The fourth-order valence-electron chi connectivity index (χ4n) is 2.25. The Hall–Kier alpha value is -2.55. The largest absolute Gasteiger partial charge is 0.508 e. The van der Waals surface area contributed by atoms with Crippen LogP contribution < -0.4 is 0 Å². The van der Waals surface area contributed by atoms with E-state index in [0.717, 1.165) is 17.0 Å². The SMILES string of the molecule is Cc1ccc(-c2nccn2Cc2cccc(O)c2)cc1. The average Bonchev–Trinajstić information content (AvgIpc) is 2.88. The highest BCUT2D eigenvalue weighted by atomic mass is 16.3. The molecule has 0 bridgehead atoms. The lowest BCUT2D eigenvalue weighted by Crippen LogP contribution is -2.00. The van der Waals surface area contributed by atoms with Gasteiger partial charge in [0.1, 0.15) is 11.6 Å². The van der Waals surface area contributed by atoms with E-state index in [4.69, 9.17) is 0 Å². The summed E-state index contributed by atoms with van der Waals surface area (Å²) >= 11 is 0. The van der Waals surface area contributed by atoms with Gasteiger partial charge in [0.25, 0.3) is 0 Å². The normalized spacial score (nSPS) is 10.7. The molecule has 1 aromatic heterocycles. The number of rotatable bonds is 3.